The van der Waals surface area contributed by atoms with Crippen molar-refractivity contribution in [2.24, 2.45) is 0 Å². The van der Waals surface area contributed by atoms with Gasteiger partial charge in [0.25, 0.3) is 5.91 Å². The molecule has 1 atom stereocenters. The fraction of sp³-hybridized carbons (Fsp3) is 0.350. The molecule has 0 N–H and O–H groups in total. The van der Waals surface area contributed by atoms with Crippen LogP contribution in [0.1, 0.15) is 33.5 Å². The van der Waals surface area contributed by atoms with Gasteiger partial charge in [0.15, 0.2) is 5.82 Å². The van der Waals surface area contributed by atoms with E-state index in [9.17, 15) is 9.59 Å². The van der Waals surface area contributed by atoms with Crippen molar-refractivity contribution in [3.05, 3.63) is 46.7 Å². The van der Waals surface area contributed by atoms with E-state index in [2.05, 4.69) is 5.16 Å². The van der Waals surface area contributed by atoms with Gasteiger partial charge in [-0.05, 0) is 31.2 Å². The van der Waals surface area contributed by atoms with Gasteiger partial charge < -0.3 is 18.7 Å². The lowest BCUT2D eigenvalue weighted by Crippen LogP contribution is -2.39. The highest BCUT2D eigenvalue weighted by atomic mass is 35.5. The van der Waals surface area contributed by atoms with Gasteiger partial charge in [-0.15, -0.1) is 0 Å². The summed E-state index contributed by atoms with van der Waals surface area (Å²) in [5.74, 6) is 1.10. The maximum Gasteiger partial charge on any atom is 0.516 e. The Balaban J connectivity index is 1.80. The van der Waals surface area contributed by atoms with Crippen LogP contribution in [0.15, 0.2) is 45.5 Å². The van der Waals surface area contributed by atoms with Gasteiger partial charge in [-0.1, -0.05) is 37.5 Å². The van der Waals surface area contributed by atoms with E-state index < -0.39 is 18.3 Å². The number of hydrogen-bond donors (Lipinski definition) is 0. The van der Waals surface area contributed by atoms with Crippen LogP contribution in [0.3, 0.4) is 0 Å². The lowest BCUT2D eigenvalue weighted by molar-refractivity contribution is -0.115. The Morgan fingerprint density at radius 3 is 2.38 bits per heavy atom. The number of halogens is 1. The minimum atomic E-state index is -1.10. The van der Waals surface area contributed by atoms with Crippen molar-refractivity contribution >= 4 is 29.5 Å². The first-order chi connectivity index (χ1) is 13.6. The number of aromatic nitrogens is 1. The zero-order chi connectivity index (χ0) is 21.3. The van der Waals surface area contributed by atoms with Crippen molar-refractivity contribution in [1.82, 2.24) is 5.16 Å². The quantitative estimate of drug-likeness (QED) is 0.535. The molecular formula is C20H21ClN2O6. The Kier molecular flexibility index (Phi) is 5.57. The zero-order valence-electron chi connectivity index (χ0n) is 16.7. The molecule has 1 aromatic carbocycles. The summed E-state index contributed by atoms with van der Waals surface area (Å²) >= 11 is 6.11. The molecule has 0 bridgehead atoms. The maximum atomic E-state index is 12.6. The number of methoxy groups -OCH3 is 1. The minimum Gasteiger partial charge on any atom is -0.497 e. The standard InChI is InChI=1S/C20H21ClN2O6/c1-11-16(21)17(24)23(15-10-14(29-22-15)20(2,3)4)18(11)28-19(25)27-13-8-6-12(26-5)7-9-13/h6-10,18H,1-5H3. The molecule has 0 spiro atoms. The Hall–Kier alpha value is -3.00. The first-order valence-electron chi connectivity index (χ1n) is 8.81. The van der Waals surface area contributed by atoms with Crippen molar-refractivity contribution in [1.29, 1.82) is 0 Å². The molecule has 3 rings (SSSR count). The molecule has 2 aromatic rings. The molecule has 0 fully saturated rings. The zero-order valence-corrected chi connectivity index (χ0v) is 17.4. The van der Waals surface area contributed by atoms with Crippen LogP contribution in [-0.4, -0.2) is 30.6 Å². The van der Waals surface area contributed by atoms with Crippen LogP contribution in [0.25, 0.3) is 0 Å². The lowest BCUT2D eigenvalue weighted by atomic mass is 9.93. The van der Waals surface area contributed by atoms with Crippen molar-refractivity contribution < 1.29 is 28.3 Å². The summed E-state index contributed by atoms with van der Waals surface area (Å²) in [6, 6.07) is 8.01. The molecule has 0 saturated carbocycles. The average molecular weight is 421 g/mol. The topological polar surface area (TPSA) is 91.1 Å². The molecule has 0 saturated heterocycles. The van der Waals surface area contributed by atoms with E-state index in [0.29, 0.717) is 17.1 Å². The Morgan fingerprint density at radius 1 is 1.21 bits per heavy atom. The summed E-state index contributed by atoms with van der Waals surface area (Å²) in [6.45, 7) is 7.43. The number of carbonyl (C=O) groups is 2. The van der Waals surface area contributed by atoms with Crippen LogP contribution in [0.4, 0.5) is 10.6 Å². The van der Waals surface area contributed by atoms with Gasteiger partial charge >= 0.3 is 6.16 Å². The number of nitrogens with zero attached hydrogens (tertiary/aromatic N) is 2. The van der Waals surface area contributed by atoms with E-state index >= 15 is 0 Å². The molecule has 1 aliphatic rings. The Morgan fingerprint density at radius 2 is 1.83 bits per heavy atom. The van der Waals surface area contributed by atoms with Crippen LogP contribution in [0.5, 0.6) is 11.5 Å². The van der Waals surface area contributed by atoms with E-state index in [1.165, 1.54) is 7.11 Å². The molecule has 2 heterocycles. The van der Waals surface area contributed by atoms with E-state index in [1.54, 1.807) is 37.3 Å². The fourth-order valence-corrected chi connectivity index (χ4v) is 2.82. The predicted molar refractivity (Wildman–Crippen MR) is 105 cm³/mol. The van der Waals surface area contributed by atoms with Crippen LogP contribution < -0.4 is 14.4 Å². The highest BCUT2D eigenvalue weighted by Crippen LogP contribution is 2.35. The summed E-state index contributed by atoms with van der Waals surface area (Å²) in [7, 11) is 1.53. The monoisotopic (exact) mass is 420 g/mol. The van der Waals surface area contributed by atoms with Crippen LogP contribution in [0, 0.1) is 0 Å². The SMILES string of the molecule is COc1ccc(OC(=O)OC2C(C)=C(Cl)C(=O)N2c2cc(C(C)(C)C)on2)cc1. The summed E-state index contributed by atoms with van der Waals surface area (Å²) in [4.78, 5) is 26.1. The first kappa shape index (κ1) is 20.7. The number of ether oxygens (including phenoxy) is 3. The second kappa shape index (κ2) is 7.79. The second-order valence-corrected chi connectivity index (χ2v) is 7.85. The molecule has 1 aliphatic heterocycles. The molecule has 29 heavy (non-hydrogen) atoms. The fourth-order valence-electron chi connectivity index (χ4n) is 2.64. The van der Waals surface area contributed by atoms with Crippen molar-refractivity contribution in [3.8, 4) is 11.5 Å². The highest BCUT2D eigenvalue weighted by molar-refractivity contribution is 6.45. The number of hydrogen-bond acceptors (Lipinski definition) is 7. The van der Waals surface area contributed by atoms with Crippen LogP contribution in [-0.2, 0) is 14.9 Å². The molecular weight excluding hydrogens is 400 g/mol. The molecule has 1 aromatic heterocycles. The van der Waals surface area contributed by atoms with E-state index in [4.69, 9.17) is 30.3 Å². The number of benzene rings is 1. The highest BCUT2D eigenvalue weighted by Gasteiger charge is 2.42. The minimum absolute atomic E-state index is 0.0486. The third-order valence-corrected chi connectivity index (χ3v) is 4.77. The van der Waals surface area contributed by atoms with Gasteiger partial charge in [0, 0.05) is 17.1 Å². The summed E-state index contributed by atoms with van der Waals surface area (Å²) < 4.78 is 20.9. The first-order valence-corrected chi connectivity index (χ1v) is 9.19. The smallest absolute Gasteiger partial charge is 0.497 e. The number of carbonyl (C=O) groups excluding carboxylic acids is 2. The van der Waals surface area contributed by atoms with Crippen LogP contribution >= 0.6 is 11.6 Å². The lowest BCUT2D eigenvalue weighted by Gasteiger charge is -2.23. The van der Waals surface area contributed by atoms with Gasteiger partial charge in [-0.2, -0.15) is 0 Å². The van der Waals surface area contributed by atoms with Gasteiger partial charge in [-0.3, -0.25) is 4.79 Å². The summed E-state index contributed by atoms with van der Waals surface area (Å²) in [6.07, 6.45) is -2.10. The van der Waals surface area contributed by atoms with E-state index in [-0.39, 0.29) is 22.0 Å². The second-order valence-electron chi connectivity index (χ2n) is 7.47. The Labute approximate surface area is 172 Å². The third-order valence-electron chi connectivity index (χ3n) is 4.31. The van der Waals surface area contributed by atoms with Crippen molar-refractivity contribution in [2.75, 3.05) is 12.0 Å². The molecule has 8 nitrogen and oxygen atoms in total. The van der Waals surface area contributed by atoms with E-state index in [0.717, 1.165) is 4.90 Å². The Bertz CT molecular complexity index is 958. The molecule has 1 amide bonds. The largest absolute Gasteiger partial charge is 0.516 e. The van der Waals surface area contributed by atoms with Crippen molar-refractivity contribution in [3.63, 3.8) is 0 Å². The number of anilines is 1. The van der Waals surface area contributed by atoms with E-state index in [1.807, 2.05) is 20.8 Å². The van der Waals surface area contributed by atoms with Gasteiger partial charge in [-0.25, -0.2) is 9.69 Å². The summed E-state index contributed by atoms with van der Waals surface area (Å²) in [5, 5.41) is 3.89. The maximum absolute atomic E-state index is 12.6. The average Bonchev–Trinajstić information content (AvgIpc) is 3.23. The molecule has 9 heteroatoms. The molecule has 0 radical (unpaired) electrons. The number of amides is 1. The summed E-state index contributed by atoms with van der Waals surface area (Å²) in [5.41, 5.74) is 0.0490. The van der Waals surface area contributed by atoms with Crippen molar-refractivity contribution in [2.45, 2.75) is 39.3 Å². The van der Waals surface area contributed by atoms with Gasteiger partial charge in [0.05, 0.1) is 7.11 Å². The normalized spacial score (nSPS) is 17.0. The molecule has 0 aliphatic carbocycles. The predicted octanol–water partition coefficient (Wildman–Crippen LogP) is 4.38. The molecule has 1 unspecified atom stereocenters. The molecule has 154 valence electrons. The van der Waals surface area contributed by atoms with Gasteiger partial charge in [0.1, 0.15) is 22.3 Å². The van der Waals surface area contributed by atoms with Crippen LogP contribution in [0.2, 0.25) is 0 Å². The van der Waals surface area contributed by atoms with Gasteiger partial charge in [0.2, 0.25) is 6.23 Å². The number of rotatable bonds is 4. The third kappa shape index (κ3) is 4.22.